The lowest BCUT2D eigenvalue weighted by atomic mass is 9.95. The van der Waals surface area contributed by atoms with Gasteiger partial charge < -0.3 is 13.7 Å². The van der Waals surface area contributed by atoms with Crippen LogP contribution < -0.4 is 4.90 Å². The molecule has 0 aliphatic carbocycles. The molecule has 0 aliphatic rings. The molecule has 0 unspecified atom stereocenters. The average Bonchev–Trinajstić information content (AvgIpc) is 3.73. The molecule has 0 amide bonds. The minimum atomic E-state index is 0.880. The van der Waals surface area contributed by atoms with Gasteiger partial charge in [0, 0.05) is 44.0 Å². The molecule has 0 aliphatic heterocycles. The zero-order valence-corrected chi connectivity index (χ0v) is 26.5. The van der Waals surface area contributed by atoms with Crippen LogP contribution in [0, 0.1) is 0 Å². The molecule has 2 aromatic heterocycles. The Hall–Kier alpha value is -6.58. The molecule has 0 saturated heterocycles. The molecule has 0 fully saturated rings. The van der Waals surface area contributed by atoms with Crippen molar-refractivity contribution in [3.05, 3.63) is 176 Å². The first-order valence-corrected chi connectivity index (χ1v) is 16.6. The minimum Gasteiger partial charge on any atom is -0.456 e. The van der Waals surface area contributed by atoms with E-state index in [1.54, 1.807) is 0 Å². The molecule has 2 heterocycles. The zero-order valence-electron chi connectivity index (χ0n) is 26.5. The maximum Gasteiger partial charge on any atom is 0.143 e. The van der Waals surface area contributed by atoms with E-state index in [0.29, 0.717) is 0 Å². The fourth-order valence-electron chi connectivity index (χ4n) is 7.34. The van der Waals surface area contributed by atoms with Crippen LogP contribution in [-0.4, -0.2) is 0 Å². The fraction of sp³-hybridized carbons (Fsp3) is 0. The standard InChI is InChI=1S/C46H29NO2/c1-3-12-30(13-4-1)40-29-42-38-24-22-32(27-45(38)49-46(42)39-20-8-7-18-36(39)40)31-14-11-17-34(26-31)47(33-15-5-2-6-16-33)35-23-25-44-41(28-35)37-19-9-10-21-43(37)48-44/h1-29H. The molecular formula is C46H29NO2. The van der Waals surface area contributed by atoms with Crippen LogP contribution >= 0.6 is 0 Å². The van der Waals surface area contributed by atoms with Crippen LogP contribution in [0.25, 0.3) is 76.9 Å². The highest BCUT2D eigenvalue weighted by Gasteiger charge is 2.18. The lowest BCUT2D eigenvalue weighted by molar-refractivity contribution is 0.669. The maximum absolute atomic E-state index is 6.68. The lowest BCUT2D eigenvalue weighted by Crippen LogP contribution is -2.09. The van der Waals surface area contributed by atoms with Crippen LogP contribution in [0.3, 0.4) is 0 Å². The van der Waals surface area contributed by atoms with E-state index in [9.17, 15) is 0 Å². The number of anilines is 3. The van der Waals surface area contributed by atoms with Gasteiger partial charge in [0.2, 0.25) is 0 Å². The van der Waals surface area contributed by atoms with Crippen molar-refractivity contribution >= 4 is 71.7 Å². The van der Waals surface area contributed by atoms with Crippen molar-refractivity contribution in [2.45, 2.75) is 0 Å². The number of hydrogen-bond acceptors (Lipinski definition) is 3. The van der Waals surface area contributed by atoms with Crippen LogP contribution in [0.4, 0.5) is 17.1 Å². The quantitative estimate of drug-likeness (QED) is 0.190. The van der Waals surface area contributed by atoms with E-state index < -0.39 is 0 Å². The first kappa shape index (κ1) is 27.5. The summed E-state index contributed by atoms with van der Waals surface area (Å²) < 4.78 is 12.8. The predicted molar refractivity (Wildman–Crippen MR) is 204 cm³/mol. The number of nitrogens with zero attached hydrogens (tertiary/aromatic N) is 1. The molecule has 0 saturated carbocycles. The van der Waals surface area contributed by atoms with E-state index in [1.165, 1.54) is 16.5 Å². The van der Waals surface area contributed by atoms with Gasteiger partial charge in [0.25, 0.3) is 0 Å². The van der Waals surface area contributed by atoms with Crippen LogP contribution in [-0.2, 0) is 0 Å². The Bertz CT molecular complexity index is 2830. The van der Waals surface area contributed by atoms with Crippen molar-refractivity contribution in [1.29, 1.82) is 0 Å². The summed E-state index contributed by atoms with van der Waals surface area (Å²) in [6, 6.07) is 62.0. The van der Waals surface area contributed by atoms with E-state index in [0.717, 1.165) is 77.5 Å². The highest BCUT2D eigenvalue weighted by molar-refractivity contribution is 6.19. The Morgan fingerprint density at radius 3 is 1.80 bits per heavy atom. The Balaban J connectivity index is 1.11. The molecular weight excluding hydrogens is 599 g/mol. The van der Waals surface area contributed by atoms with Crippen LogP contribution in [0.1, 0.15) is 0 Å². The van der Waals surface area contributed by atoms with Gasteiger partial charge in [-0.15, -0.1) is 0 Å². The highest BCUT2D eigenvalue weighted by atomic mass is 16.3. The summed E-state index contributed by atoms with van der Waals surface area (Å²) in [4.78, 5) is 2.31. The number of furan rings is 2. The molecule has 3 heteroatoms. The monoisotopic (exact) mass is 627 g/mol. The largest absolute Gasteiger partial charge is 0.456 e. The normalized spacial score (nSPS) is 11.7. The van der Waals surface area contributed by atoms with Gasteiger partial charge in [-0.2, -0.15) is 0 Å². The second kappa shape index (κ2) is 11.0. The molecule has 3 nitrogen and oxygen atoms in total. The topological polar surface area (TPSA) is 29.5 Å². The third-order valence-corrected chi connectivity index (χ3v) is 9.63. The van der Waals surface area contributed by atoms with Gasteiger partial charge in [-0.1, -0.05) is 109 Å². The highest BCUT2D eigenvalue weighted by Crippen LogP contribution is 2.42. The van der Waals surface area contributed by atoms with Crippen molar-refractivity contribution < 1.29 is 8.83 Å². The molecule has 0 N–H and O–H groups in total. The molecule has 0 atom stereocenters. The van der Waals surface area contributed by atoms with E-state index in [-0.39, 0.29) is 0 Å². The average molecular weight is 628 g/mol. The summed E-state index contributed by atoms with van der Waals surface area (Å²) >= 11 is 0. The Kier molecular flexibility index (Phi) is 6.18. The second-order valence-corrected chi connectivity index (χ2v) is 12.5. The minimum absolute atomic E-state index is 0.880. The molecule has 49 heavy (non-hydrogen) atoms. The van der Waals surface area contributed by atoms with Crippen LogP contribution in [0.5, 0.6) is 0 Å². The molecule has 0 spiro atoms. The Labute approximate surface area is 282 Å². The van der Waals surface area contributed by atoms with Crippen LogP contribution in [0.15, 0.2) is 185 Å². The maximum atomic E-state index is 6.68. The summed E-state index contributed by atoms with van der Waals surface area (Å²) in [7, 11) is 0. The van der Waals surface area contributed by atoms with Crippen molar-refractivity contribution in [3.8, 4) is 22.3 Å². The number of fused-ring (bicyclic) bond motifs is 8. The Morgan fingerprint density at radius 1 is 0.306 bits per heavy atom. The fourth-order valence-corrected chi connectivity index (χ4v) is 7.34. The number of benzene rings is 8. The van der Waals surface area contributed by atoms with Gasteiger partial charge in [0.15, 0.2) is 0 Å². The summed E-state index contributed by atoms with van der Waals surface area (Å²) in [6.45, 7) is 0. The smallest absolute Gasteiger partial charge is 0.143 e. The molecule has 230 valence electrons. The molecule has 8 aromatic carbocycles. The van der Waals surface area contributed by atoms with Gasteiger partial charge in [-0.25, -0.2) is 0 Å². The first-order valence-electron chi connectivity index (χ1n) is 16.6. The predicted octanol–water partition coefficient (Wildman–Crippen LogP) is 13.4. The second-order valence-electron chi connectivity index (χ2n) is 12.5. The molecule has 0 radical (unpaired) electrons. The van der Waals surface area contributed by atoms with Gasteiger partial charge >= 0.3 is 0 Å². The number of para-hydroxylation sites is 2. The molecule has 10 aromatic rings. The van der Waals surface area contributed by atoms with E-state index >= 15 is 0 Å². The number of rotatable bonds is 5. The lowest BCUT2D eigenvalue weighted by Gasteiger charge is -2.26. The summed E-state index contributed by atoms with van der Waals surface area (Å²) in [5.41, 5.74) is 11.4. The van der Waals surface area contributed by atoms with Crippen molar-refractivity contribution in [2.24, 2.45) is 0 Å². The molecule has 0 bridgehead atoms. The Morgan fingerprint density at radius 2 is 0.939 bits per heavy atom. The summed E-state index contributed by atoms with van der Waals surface area (Å²) in [6.07, 6.45) is 0. The van der Waals surface area contributed by atoms with E-state index in [2.05, 4.69) is 169 Å². The summed E-state index contributed by atoms with van der Waals surface area (Å²) in [5, 5.41) is 6.78. The SMILES string of the molecule is c1ccc(-c2cc3c4ccc(-c5cccc(N(c6ccccc6)c6ccc7oc8ccccc8c7c6)c5)cc4oc3c3ccccc23)cc1. The van der Waals surface area contributed by atoms with Gasteiger partial charge in [-0.05, 0) is 94.4 Å². The van der Waals surface area contributed by atoms with Crippen molar-refractivity contribution in [2.75, 3.05) is 4.90 Å². The number of hydrogen-bond donors (Lipinski definition) is 0. The van der Waals surface area contributed by atoms with Crippen molar-refractivity contribution in [1.82, 2.24) is 0 Å². The third kappa shape index (κ3) is 4.51. The van der Waals surface area contributed by atoms with Crippen LogP contribution in [0.2, 0.25) is 0 Å². The van der Waals surface area contributed by atoms with Crippen molar-refractivity contribution in [3.63, 3.8) is 0 Å². The zero-order chi connectivity index (χ0) is 32.3. The van der Waals surface area contributed by atoms with Gasteiger partial charge in [0.1, 0.15) is 22.3 Å². The van der Waals surface area contributed by atoms with Gasteiger partial charge in [0.05, 0.1) is 0 Å². The van der Waals surface area contributed by atoms with E-state index in [4.69, 9.17) is 8.83 Å². The van der Waals surface area contributed by atoms with E-state index in [1.807, 2.05) is 12.1 Å². The summed E-state index contributed by atoms with van der Waals surface area (Å²) in [5.74, 6) is 0. The van der Waals surface area contributed by atoms with Gasteiger partial charge in [-0.3, -0.25) is 0 Å². The first-order chi connectivity index (χ1) is 24.3. The molecule has 10 rings (SSSR count). The third-order valence-electron chi connectivity index (χ3n) is 9.63.